The van der Waals surface area contributed by atoms with Crippen LogP contribution in [0.2, 0.25) is 0 Å². The van der Waals surface area contributed by atoms with Gasteiger partial charge >= 0.3 is 0 Å². The molecule has 3 amide bonds. The van der Waals surface area contributed by atoms with Crippen molar-refractivity contribution >= 4 is 23.5 Å². The normalized spacial score (nSPS) is 11.9. The predicted molar refractivity (Wildman–Crippen MR) is 156 cm³/mol. The summed E-state index contributed by atoms with van der Waals surface area (Å²) < 4.78 is 16.2. The smallest absolute Gasteiger partial charge is 0.248 e. The minimum atomic E-state index is -1.04. The van der Waals surface area contributed by atoms with Gasteiger partial charge in [0.15, 0.2) is 17.3 Å². The van der Waals surface area contributed by atoms with E-state index in [1.165, 1.54) is 19.1 Å². The Morgan fingerprint density at radius 2 is 1.76 bits per heavy atom. The summed E-state index contributed by atoms with van der Waals surface area (Å²) in [6, 6.07) is 15.5. The summed E-state index contributed by atoms with van der Waals surface area (Å²) in [4.78, 5) is 42.1. The van der Waals surface area contributed by atoms with Gasteiger partial charge in [-0.15, -0.1) is 0 Å². The van der Waals surface area contributed by atoms with Crippen molar-refractivity contribution in [2.45, 2.75) is 65.0 Å². The van der Waals surface area contributed by atoms with Crippen molar-refractivity contribution in [2.24, 2.45) is 0 Å². The maximum atomic E-state index is 14.0. The Balaban J connectivity index is 1.98. The summed E-state index contributed by atoms with van der Waals surface area (Å²) in [5, 5.41) is 9.51. The molecule has 0 spiro atoms. The molecule has 2 N–H and O–H groups in total. The van der Waals surface area contributed by atoms with E-state index in [1.807, 2.05) is 51.1 Å². The Bertz CT molecular complexity index is 1320. The lowest BCUT2D eigenvalue weighted by Crippen LogP contribution is -2.50. The van der Waals surface area contributed by atoms with Crippen LogP contribution in [-0.4, -0.2) is 54.1 Å². The second-order valence-electron chi connectivity index (χ2n) is 10.4. The quantitative estimate of drug-likeness (QED) is 0.287. The molecule has 0 unspecified atom stereocenters. The number of hydrogen-bond donors (Lipinski definition) is 2. The number of rotatable bonds is 14. The number of amides is 3. The molecule has 10 nitrogen and oxygen atoms in total. The zero-order chi connectivity index (χ0) is 30.0. The molecule has 1 aromatic heterocycles. The maximum absolute atomic E-state index is 14.0. The largest absolute Gasteiger partial charge is 0.493 e. The average Bonchev–Trinajstić information content (AvgIpc) is 3.37. The van der Waals surface area contributed by atoms with Crippen LogP contribution in [0.5, 0.6) is 11.5 Å². The lowest BCUT2D eigenvalue weighted by molar-refractivity contribution is -0.142. The van der Waals surface area contributed by atoms with Gasteiger partial charge in [0.2, 0.25) is 17.7 Å². The topological polar surface area (TPSA) is 123 Å². The van der Waals surface area contributed by atoms with E-state index in [0.29, 0.717) is 35.7 Å². The zero-order valence-corrected chi connectivity index (χ0v) is 24.7. The number of carbonyl (C=O) groups excluding carboxylic acids is 3. The number of aromatic nitrogens is 1. The Labute approximate surface area is 241 Å². The first-order valence-corrected chi connectivity index (χ1v) is 13.7. The van der Waals surface area contributed by atoms with Crippen LogP contribution in [0.1, 0.15) is 63.0 Å². The van der Waals surface area contributed by atoms with Gasteiger partial charge in [0, 0.05) is 36.6 Å². The van der Waals surface area contributed by atoms with Gasteiger partial charge < -0.3 is 29.5 Å². The molecule has 0 fully saturated rings. The second kappa shape index (κ2) is 14.3. The molecular formula is C31H40N4O6. The van der Waals surface area contributed by atoms with E-state index in [1.54, 1.807) is 31.2 Å². The molecule has 1 atom stereocenters. The van der Waals surface area contributed by atoms with Crippen LogP contribution in [0.3, 0.4) is 0 Å². The second-order valence-corrected chi connectivity index (χ2v) is 10.4. The number of methoxy groups -OCH3 is 2. The first-order chi connectivity index (χ1) is 19.6. The lowest BCUT2D eigenvalue weighted by Gasteiger charge is -2.35. The number of hydrogen-bond acceptors (Lipinski definition) is 7. The van der Waals surface area contributed by atoms with Gasteiger partial charge in [0.1, 0.15) is 11.8 Å². The van der Waals surface area contributed by atoms with Gasteiger partial charge in [-0.25, -0.2) is 0 Å². The molecule has 3 aromatic rings. The van der Waals surface area contributed by atoms with E-state index in [2.05, 4.69) is 15.8 Å². The highest BCUT2D eigenvalue weighted by Gasteiger charge is 2.36. The van der Waals surface area contributed by atoms with Gasteiger partial charge in [-0.2, -0.15) is 0 Å². The molecule has 3 rings (SSSR count). The Hall–Kier alpha value is -4.34. The first-order valence-electron chi connectivity index (χ1n) is 13.7. The maximum Gasteiger partial charge on any atom is 0.248 e. The molecule has 41 heavy (non-hydrogen) atoms. The van der Waals surface area contributed by atoms with Gasteiger partial charge in [-0.3, -0.25) is 14.4 Å². The van der Waals surface area contributed by atoms with Gasteiger partial charge in [-0.1, -0.05) is 54.5 Å². The van der Waals surface area contributed by atoms with Crippen molar-refractivity contribution in [1.29, 1.82) is 0 Å². The summed E-state index contributed by atoms with van der Waals surface area (Å²) in [6.07, 6.45) is 0.964. The third-order valence-corrected chi connectivity index (χ3v) is 6.90. The molecule has 10 heteroatoms. The zero-order valence-electron chi connectivity index (χ0n) is 24.7. The molecule has 0 saturated carbocycles. The number of ether oxygens (including phenoxy) is 2. The van der Waals surface area contributed by atoms with Gasteiger partial charge in [0.25, 0.3) is 0 Å². The molecule has 0 aliphatic heterocycles. The van der Waals surface area contributed by atoms with Gasteiger partial charge in [0.05, 0.1) is 14.2 Å². The van der Waals surface area contributed by atoms with Crippen molar-refractivity contribution in [2.75, 3.05) is 26.1 Å². The number of nitrogens with one attached hydrogen (secondary N) is 2. The highest BCUT2D eigenvalue weighted by Crippen LogP contribution is 2.38. The third-order valence-electron chi connectivity index (χ3n) is 6.90. The molecule has 0 saturated heterocycles. The summed E-state index contributed by atoms with van der Waals surface area (Å²) in [5.41, 5.74) is 0.973. The number of para-hydroxylation sites is 1. The van der Waals surface area contributed by atoms with E-state index in [0.717, 1.165) is 5.56 Å². The fourth-order valence-corrected chi connectivity index (χ4v) is 4.35. The molecule has 0 radical (unpaired) electrons. The third kappa shape index (κ3) is 8.57. The Kier molecular flexibility index (Phi) is 10.9. The first kappa shape index (κ1) is 31.2. The molecular weight excluding hydrogens is 524 g/mol. The van der Waals surface area contributed by atoms with Crippen LogP contribution in [0.15, 0.2) is 59.1 Å². The Morgan fingerprint density at radius 3 is 2.37 bits per heavy atom. The van der Waals surface area contributed by atoms with E-state index in [9.17, 15) is 14.4 Å². The average molecular weight is 565 g/mol. The van der Waals surface area contributed by atoms with E-state index in [4.69, 9.17) is 14.0 Å². The van der Waals surface area contributed by atoms with Crippen LogP contribution in [0, 0.1) is 6.92 Å². The fourth-order valence-electron chi connectivity index (χ4n) is 4.35. The Morgan fingerprint density at radius 1 is 1.02 bits per heavy atom. The molecule has 2 aromatic carbocycles. The van der Waals surface area contributed by atoms with Crippen LogP contribution in [0.4, 0.5) is 5.82 Å². The van der Waals surface area contributed by atoms with E-state index >= 15 is 0 Å². The summed E-state index contributed by atoms with van der Waals surface area (Å²) in [7, 11) is 3.02. The molecule has 0 bridgehead atoms. The minimum absolute atomic E-state index is 0.101. The lowest BCUT2D eigenvalue weighted by atomic mass is 9.97. The van der Waals surface area contributed by atoms with Crippen LogP contribution >= 0.6 is 0 Å². The highest BCUT2D eigenvalue weighted by atomic mass is 16.5. The minimum Gasteiger partial charge on any atom is -0.493 e. The van der Waals surface area contributed by atoms with Crippen LogP contribution in [0.25, 0.3) is 0 Å². The van der Waals surface area contributed by atoms with E-state index < -0.39 is 11.6 Å². The number of benzene rings is 2. The monoisotopic (exact) mass is 564 g/mol. The van der Waals surface area contributed by atoms with Crippen molar-refractivity contribution < 1.29 is 28.4 Å². The number of aryl methyl sites for hydroxylation is 1. The molecule has 220 valence electrons. The predicted octanol–water partition coefficient (Wildman–Crippen LogP) is 4.84. The molecule has 0 aliphatic carbocycles. The number of anilines is 1. The van der Waals surface area contributed by atoms with E-state index in [-0.39, 0.29) is 42.9 Å². The van der Waals surface area contributed by atoms with Crippen molar-refractivity contribution in [3.05, 3.63) is 71.5 Å². The standard InChI is InChI=1S/C31H40N4O6/c1-7-31(3,4)33-30(38)28(23-14-11-15-24(39-5)29(23)40-6)35(19-18-22-12-9-8-10-13-22)27(37)17-16-26(36)32-25-20-21(2)41-34-25/h8-15,20,28H,7,16-19H2,1-6H3,(H,33,38)(H,32,34,36)/t28-/m0/s1. The summed E-state index contributed by atoms with van der Waals surface area (Å²) in [5.74, 6) is 0.540. The van der Waals surface area contributed by atoms with Crippen molar-refractivity contribution in [1.82, 2.24) is 15.4 Å². The number of nitrogens with zero attached hydrogens (tertiary/aromatic N) is 2. The number of carbonyl (C=O) groups is 3. The molecule has 0 aliphatic rings. The van der Waals surface area contributed by atoms with Crippen molar-refractivity contribution in [3.63, 3.8) is 0 Å². The molecule has 1 heterocycles. The van der Waals surface area contributed by atoms with Crippen LogP contribution < -0.4 is 20.1 Å². The summed E-state index contributed by atoms with van der Waals surface area (Å²) >= 11 is 0. The van der Waals surface area contributed by atoms with Gasteiger partial charge in [-0.05, 0) is 45.2 Å². The van der Waals surface area contributed by atoms with Crippen LogP contribution in [-0.2, 0) is 20.8 Å². The summed E-state index contributed by atoms with van der Waals surface area (Å²) in [6.45, 7) is 7.79. The fraction of sp³-hybridized carbons (Fsp3) is 0.419. The SMILES string of the molecule is CCC(C)(C)NC(=O)[C@H](c1cccc(OC)c1OC)N(CCc1ccccc1)C(=O)CCC(=O)Nc1cc(C)on1. The van der Waals surface area contributed by atoms with Crippen molar-refractivity contribution in [3.8, 4) is 11.5 Å². The highest BCUT2D eigenvalue weighted by molar-refractivity contribution is 5.94.